The first kappa shape index (κ1) is 8.95. The molecule has 1 nitrogen and oxygen atoms in total. The van der Waals surface area contributed by atoms with Gasteiger partial charge in [-0.1, -0.05) is 12.1 Å². The number of fused-ring (bicyclic) bond motifs is 1. The number of nitrogens with zero attached hydrogens (tertiary/aromatic N) is 1. The minimum absolute atomic E-state index is 0.939. The minimum atomic E-state index is 0.939. The van der Waals surface area contributed by atoms with Gasteiger partial charge in [-0.2, -0.15) is 12.6 Å². The van der Waals surface area contributed by atoms with Gasteiger partial charge in [-0.15, -0.1) is 0 Å². The topological polar surface area (TPSA) is 3.24 Å². The summed E-state index contributed by atoms with van der Waals surface area (Å²) in [7, 11) is 2.16. The molecule has 1 aliphatic rings. The van der Waals surface area contributed by atoms with Crippen molar-refractivity contribution in [3.05, 3.63) is 29.3 Å². The SMILES string of the molecule is CN1CCc2cc(CCS)ccc21. The van der Waals surface area contributed by atoms with E-state index in [2.05, 4.69) is 42.8 Å². The molecule has 1 heterocycles. The Bertz CT molecular complexity index is 309. The first-order valence-corrected chi connectivity index (χ1v) is 5.38. The van der Waals surface area contributed by atoms with Crippen LogP contribution in [0.25, 0.3) is 0 Å². The van der Waals surface area contributed by atoms with E-state index in [-0.39, 0.29) is 0 Å². The summed E-state index contributed by atoms with van der Waals surface area (Å²) in [5, 5.41) is 0. The molecule has 1 aromatic carbocycles. The van der Waals surface area contributed by atoms with Gasteiger partial charge in [0.05, 0.1) is 0 Å². The standard InChI is InChI=1S/C11H15NS/c1-12-6-4-10-8-9(5-7-13)2-3-11(10)12/h2-3,8,13H,4-7H2,1H3. The van der Waals surface area contributed by atoms with E-state index in [1.54, 1.807) is 0 Å². The van der Waals surface area contributed by atoms with Crippen LogP contribution >= 0.6 is 12.6 Å². The summed E-state index contributed by atoms with van der Waals surface area (Å²) in [6, 6.07) is 6.78. The van der Waals surface area contributed by atoms with Crippen molar-refractivity contribution < 1.29 is 0 Å². The fraction of sp³-hybridized carbons (Fsp3) is 0.455. The van der Waals surface area contributed by atoms with E-state index in [0.29, 0.717) is 0 Å². The molecule has 70 valence electrons. The Morgan fingerprint density at radius 3 is 3.08 bits per heavy atom. The summed E-state index contributed by atoms with van der Waals surface area (Å²) < 4.78 is 0. The van der Waals surface area contributed by atoms with E-state index in [4.69, 9.17) is 0 Å². The molecule has 0 N–H and O–H groups in total. The zero-order valence-electron chi connectivity index (χ0n) is 7.95. The van der Waals surface area contributed by atoms with Crippen molar-refractivity contribution in [3.63, 3.8) is 0 Å². The molecule has 13 heavy (non-hydrogen) atoms. The van der Waals surface area contributed by atoms with Crippen LogP contribution in [0.3, 0.4) is 0 Å². The third kappa shape index (κ3) is 1.68. The molecule has 2 heteroatoms. The van der Waals surface area contributed by atoms with Crippen molar-refractivity contribution in [2.45, 2.75) is 12.8 Å². The monoisotopic (exact) mass is 193 g/mol. The quantitative estimate of drug-likeness (QED) is 0.704. The number of likely N-dealkylation sites (N-methyl/N-ethyl adjacent to an activating group) is 1. The molecular weight excluding hydrogens is 178 g/mol. The largest absolute Gasteiger partial charge is 0.374 e. The first-order chi connectivity index (χ1) is 6.31. The number of rotatable bonds is 2. The van der Waals surface area contributed by atoms with E-state index in [1.807, 2.05) is 0 Å². The van der Waals surface area contributed by atoms with Crippen molar-refractivity contribution in [2.75, 3.05) is 24.2 Å². The lowest BCUT2D eigenvalue weighted by atomic mass is 10.1. The number of benzene rings is 1. The summed E-state index contributed by atoms with van der Waals surface area (Å²) in [5.41, 5.74) is 4.33. The van der Waals surface area contributed by atoms with Gasteiger partial charge in [0.25, 0.3) is 0 Å². The number of thiol groups is 1. The van der Waals surface area contributed by atoms with Crippen molar-refractivity contribution in [3.8, 4) is 0 Å². The molecule has 0 atom stereocenters. The molecule has 2 rings (SSSR count). The van der Waals surface area contributed by atoms with Crippen LogP contribution < -0.4 is 4.90 Å². The number of hydrogen-bond acceptors (Lipinski definition) is 2. The van der Waals surface area contributed by atoms with Crippen LogP contribution in [0.15, 0.2) is 18.2 Å². The Kier molecular flexibility index (Phi) is 2.49. The molecule has 0 unspecified atom stereocenters. The molecule has 0 saturated carbocycles. The number of aryl methyl sites for hydroxylation is 1. The Hall–Kier alpha value is -0.630. The molecule has 1 aliphatic heterocycles. The summed E-state index contributed by atoms with van der Waals surface area (Å²) in [6.07, 6.45) is 2.28. The predicted molar refractivity (Wildman–Crippen MR) is 61.0 cm³/mol. The summed E-state index contributed by atoms with van der Waals surface area (Å²) in [6.45, 7) is 1.17. The van der Waals surface area contributed by atoms with Gasteiger partial charge in [-0.05, 0) is 35.8 Å². The second-order valence-corrected chi connectivity index (χ2v) is 4.06. The molecule has 0 aliphatic carbocycles. The first-order valence-electron chi connectivity index (χ1n) is 4.75. The summed E-state index contributed by atoms with van der Waals surface area (Å²) in [5.74, 6) is 0.939. The van der Waals surface area contributed by atoms with E-state index >= 15 is 0 Å². The maximum Gasteiger partial charge on any atom is 0.0397 e. The van der Waals surface area contributed by atoms with Gasteiger partial charge in [-0.3, -0.25) is 0 Å². The van der Waals surface area contributed by atoms with Gasteiger partial charge >= 0.3 is 0 Å². The van der Waals surface area contributed by atoms with E-state index < -0.39 is 0 Å². The lowest BCUT2D eigenvalue weighted by molar-refractivity contribution is 0.955. The van der Waals surface area contributed by atoms with Gasteiger partial charge in [-0.25, -0.2) is 0 Å². The molecule has 0 saturated heterocycles. The van der Waals surface area contributed by atoms with Gasteiger partial charge in [0, 0.05) is 19.3 Å². The normalized spacial score (nSPS) is 14.8. The number of anilines is 1. The van der Waals surface area contributed by atoms with Crippen LogP contribution in [-0.4, -0.2) is 19.3 Å². The lowest BCUT2D eigenvalue weighted by Gasteiger charge is -2.11. The average molecular weight is 193 g/mol. The maximum atomic E-state index is 4.24. The zero-order chi connectivity index (χ0) is 9.26. The van der Waals surface area contributed by atoms with E-state index in [0.717, 1.165) is 12.2 Å². The maximum absolute atomic E-state index is 4.24. The zero-order valence-corrected chi connectivity index (χ0v) is 8.85. The Labute approximate surface area is 85.2 Å². The Balaban J connectivity index is 2.29. The van der Waals surface area contributed by atoms with E-state index in [1.165, 1.54) is 29.8 Å². The molecule has 0 bridgehead atoms. The lowest BCUT2D eigenvalue weighted by Crippen LogP contribution is -2.12. The fourth-order valence-electron chi connectivity index (χ4n) is 1.90. The van der Waals surface area contributed by atoms with Crippen molar-refractivity contribution in [2.24, 2.45) is 0 Å². The van der Waals surface area contributed by atoms with Crippen LogP contribution in [0, 0.1) is 0 Å². The summed E-state index contributed by atoms with van der Waals surface area (Å²) in [4.78, 5) is 2.32. The highest BCUT2D eigenvalue weighted by Gasteiger charge is 2.14. The summed E-state index contributed by atoms with van der Waals surface area (Å²) >= 11 is 4.24. The van der Waals surface area contributed by atoms with Crippen LogP contribution in [-0.2, 0) is 12.8 Å². The highest BCUT2D eigenvalue weighted by Crippen LogP contribution is 2.27. The average Bonchev–Trinajstić information content (AvgIpc) is 2.48. The molecule has 0 radical (unpaired) electrons. The van der Waals surface area contributed by atoms with Crippen molar-refractivity contribution in [1.29, 1.82) is 0 Å². The van der Waals surface area contributed by atoms with Crippen molar-refractivity contribution in [1.82, 2.24) is 0 Å². The van der Waals surface area contributed by atoms with Crippen LogP contribution in [0.5, 0.6) is 0 Å². The third-order valence-corrected chi connectivity index (χ3v) is 2.90. The Morgan fingerprint density at radius 2 is 2.31 bits per heavy atom. The minimum Gasteiger partial charge on any atom is -0.374 e. The van der Waals surface area contributed by atoms with Gasteiger partial charge in [0.2, 0.25) is 0 Å². The molecule has 0 fully saturated rings. The smallest absolute Gasteiger partial charge is 0.0397 e. The second kappa shape index (κ2) is 3.62. The second-order valence-electron chi connectivity index (χ2n) is 3.61. The van der Waals surface area contributed by atoms with Crippen LogP contribution in [0.2, 0.25) is 0 Å². The van der Waals surface area contributed by atoms with Crippen LogP contribution in [0.4, 0.5) is 5.69 Å². The Morgan fingerprint density at radius 1 is 1.46 bits per heavy atom. The van der Waals surface area contributed by atoms with E-state index in [9.17, 15) is 0 Å². The van der Waals surface area contributed by atoms with Crippen LogP contribution in [0.1, 0.15) is 11.1 Å². The third-order valence-electron chi connectivity index (χ3n) is 2.67. The predicted octanol–water partition coefficient (Wildman–Crippen LogP) is 2.15. The fourth-order valence-corrected chi connectivity index (χ4v) is 2.16. The van der Waals surface area contributed by atoms with Gasteiger partial charge in [0.1, 0.15) is 0 Å². The molecule has 0 amide bonds. The van der Waals surface area contributed by atoms with Crippen molar-refractivity contribution >= 4 is 18.3 Å². The highest BCUT2D eigenvalue weighted by molar-refractivity contribution is 7.80. The van der Waals surface area contributed by atoms with Gasteiger partial charge in [0.15, 0.2) is 0 Å². The molecule has 1 aromatic rings. The molecular formula is C11H15NS. The highest BCUT2D eigenvalue weighted by atomic mass is 32.1. The van der Waals surface area contributed by atoms with Gasteiger partial charge < -0.3 is 4.90 Å². The number of hydrogen-bond donors (Lipinski definition) is 1. The molecule has 0 aromatic heterocycles. The molecule has 0 spiro atoms.